The van der Waals surface area contributed by atoms with E-state index in [0.29, 0.717) is 13.1 Å². The number of rotatable bonds is 5. The Hall–Kier alpha value is -1.10. The normalized spacial score (nSPS) is 25.6. The molecule has 2 unspecified atom stereocenters. The molecule has 5 nitrogen and oxygen atoms in total. The Kier molecular flexibility index (Phi) is 4.73. The highest BCUT2D eigenvalue weighted by Crippen LogP contribution is 2.23. The van der Waals surface area contributed by atoms with Gasteiger partial charge in [-0.25, -0.2) is 0 Å². The number of hydrogen-bond donors (Lipinski definition) is 2. The van der Waals surface area contributed by atoms with E-state index < -0.39 is 12.0 Å². The van der Waals surface area contributed by atoms with E-state index in [1.807, 2.05) is 13.8 Å². The minimum absolute atomic E-state index is 0.0813. The summed E-state index contributed by atoms with van der Waals surface area (Å²) in [7, 11) is 0. The number of carbonyl (C=O) groups excluding carboxylic acids is 1. The number of likely N-dealkylation sites (tertiary alicyclic amines) is 1. The molecule has 2 N–H and O–H groups in total. The smallest absolute Gasteiger partial charge is 0.321 e. The first-order valence-electron chi connectivity index (χ1n) is 5.79. The summed E-state index contributed by atoms with van der Waals surface area (Å²) in [4.78, 5) is 24.3. The second kappa shape index (κ2) is 5.84. The van der Waals surface area contributed by atoms with E-state index in [4.69, 9.17) is 5.11 Å². The van der Waals surface area contributed by atoms with Crippen molar-refractivity contribution < 1.29 is 14.7 Å². The largest absolute Gasteiger partial charge is 0.480 e. The Morgan fingerprint density at radius 1 is 1.50 bits per heavy atom. The lowest BCUT2D eigenvalue weighted by atomic mass is 10.0. The van der Waals surface area contributed by atoms with E-state index in [0.717, 1.165) is 12.8 Å². The van der Waals surface area contributed by atoms with Gasteiger partial charge in [0, 0.05) is 6.54 Å². The standard InChI is InChI=1S/C11H20N2O3/c1-3-5-12-9(14)7-13-6-4-8(2)10(13)11(15)16/h8,10H,3-7H2,1-2H3,(H,12,14)(H,15,16). The highest BCUT2D eigenvalue weighted by atomic mass is 16.4. The van der Waals surface area contributed by atoms with Crippen LogP contribution in [0.25, 0.3) is 0 Å². The number of carbonyl (C=O) groups is 2. The molecule has 0 aliphatic carbocycles. The molecule has 1 fully saturated rings. The van der Waals surface area contributed by atoms with Crippen molar-refractivity contribution in [3.63, 3.8) is 0 Å². The van der Waals surface area contributed by atoms with Crippen molar-refractivity contribution >= 4 is 11.9 Å². The van der Waals surface area contributed by atoms with E-state index in [9.17, 15) is 9.59 Å². The van der Waals surface area contributed by atoms with Gasteiger partial charge in [-0.2, -0.15) is 0 Å². The molecule has 2 atom stereocenters. The van der Waals surface area contributed by atoms with Crippen molar-refractivity contribution in [1.82, 2.24) is 10.2 Å². The number of nitrogens with zero attached hydrogens (tertiary/aromatic N) is 1. The maximum Gasteiger partial charge on any atom is 0.321 e. The zero-order valence-corrected chi connectivity index (χ0v) is 9.90. The van der Waals surface area contributed by atoms with Crippen molar-refractivity contribution in [1.29, 1.82) is 0 Å². The van der Waals surface area contributed by atoms with E-state index >= 15 is 0 Å². The van der Waals surface area contributed by atoms with E-state index in [1.165, 1.54) is 0 Å². The van der Waals surface area contributed by atoms with E-state index in [-0.39, 0.29) is 18.4 Å². The average molecular weight is 228 g/mol. The summed E-state index contributed by atoms with van der Waals surface area (Å²) in [6, 6.07) is -0.507. The molecule has 1 saturated heterocycles. The van der Waals surface area contributed by atoms with Crippen LogP contribution >= 0.6 is 0 Å². The summed E-state index contributed by atoms with van der Waals surface area (Å²) >= 11 is 0. The topological polar surface area (TPSA) is 69.6 Å². The monoisotopic (exact) mass is 228 g/mol. The molecular weight excluding hydrogens is 208 g/mol. The molecule has 5 heteroatoms. The maximum absolute atomic E-state index is 11.5. The van der Waals surface area contributed by atoms with Gasteiger partial charge in [-0.05, 0) is 25.3 Å². The van der Waals surface area contributed by atoms with E-state index in [1.54, 1.807) is 4.90 Å². The fraction of sp³-hybridized carbons (Fsp3) is 0.818. The molecule has 0 bridgehead atoms. The highest BCUT2D eigenvalue weighted by Gasteiger charge is 2.37. The van der Waals surface area contributed by atoms with Gasteiger partial charge in [0.15, 0.2) is 0 Å². The summed E-state index contributed by atoms with van der Waals surface area (Å²) in [5, 5.41) is 11.8. The molecular formula is C11H20N2O3. The lowest BCUT2D eigenvalue weighted by Crippen LogP contribution is -2.44. The van der Waals surface area contributed by atoms with Gasteiger partial charge in [0.25, 0.3) is 0 Å². The van der Waals surface area contributed by atoms with Crippen molar-refractivity contribution in [3.8, 4) is 0 Å². The summed E-state index contributed by atoms with van der Waals surface area (Å²) in [6.07, 6.45) is 1.74. The molecule has 1 amide bonds. The zero-order valence-electron chi connectivity index (χ0n) is 9.90. The fourth-order valence-electron chi connectivity index (χ4n) is 2.11. The first-order chi connectivity index (χ1) is 7.56. The fourth-order valence-corrected chi connectivity index (χ4v) is 2.11. The Balaban J connectivity index is 2.47. The van der Waals surface area contributed by atoms with Crippen LogP contribution in [0.4, 0.5) is 0 Å². The summed E-state index contributed by atoms with van der Waals surface area (Å²) < 4.78 is 0. The molecule has 0 aromatic heterocycles. The summed E-state index contributed by atoms with van der Waals surface area (Å²) in [5.41, 5.74) is 0. The minimum atomic E-state index is -0.826. The molecule has 0 aromatic rings. The quantitative estimate of drug-likeness (QED) is 0.710. The maximum atomic E-state index is 11.5. The second-order valence-corrected chi connectivity index (χ2v) is 4.37. The van der Waals surface area contributed by atoms with Gasteiger partial charge in [-0.15, -0.1) is 0 Å². The molecule has 1 rings (SSSR count). The number of hydrogen-bond acceptors (Lipinski definition) is 3. The minimum Gasteiger partial charge on any atom is -0.480 e. The van der Waals surface area contributed by atoms with E-state index in [2.05, 4.69) is 5.32 Å². The Morgan fingerprint density at radius 2 is 2.19 bits per heavy atom. The van der Waals surface area contributed by atoms with Crippen LogP contribution in [-0.4, -0.2) is 47.6 Å². The van der Waals surface area contributed by atoms with Gasteiger partial charge in [-0.3, -0.25) is 14.5 Å². The number of carboxylic acid groups (broad SMARTS) is 1. The van der Waals surface area contributed by atoms with Crippen molar-refractivity contribution in [2.75, 3.05) is 19.6 Å². The average Bonchev–Trinajstić information content (AvgIpc) is 2.56. The summed E-state index contributed by atoms with van der Waals surface area (Å²) in [5.74, 6) is -0.785. The molecule has 1 aliphatic heterocycles. The molecule has 0 radical (unpaired) electrons. The molecule has 0 saturated carbocycles. The third-order valence-electron chi connectivity index (χ3n) is 2.98. The summed E-state index contributed by atoms with van der Waals surface area (Å²) in [6.45, 7) is 5.44. The van der Waals surface area contributed by atoms with Gasteiger partial charge in [0.1, 0.15) is 6.04 Å². The number of nitrogens with one attached hydrogen (secondary N) is 1. The first kappa shape index (κ1) is 13.0. The molecule has 0 aromatic carbocycles. The van der Waals surface area contributed by atoms with Crippen LogP contribution in [0.1, 0.15) is 26.7 Å². The van der Waals surface area contributed by atoms with Crippen molar-refractivity contribution in [2.45, 2.75) is 32.7 Å². The van der Waals surface area contributed by atoms with Gasteiger partial charge in [0.05, 0.1) is 6.54 Å². The SMILES string of the molecule is CCCNC(=O)CN1CCC(C)C1C(=O)O. The van der Waals surface area contributed by atoms with Gasteiger partial charge >= 0.3 is 5.97 Å². The van der Waals surface area contributed by atoms with Gasteiger partial charge in [-0.1, -0.05) is 13.8 Å². The number of carboxylic acids is 1. The predicted octanol–water partition coefficient (Wildman–Crippen LogP) is 0.308. The van der Waals surface area contributed by atoms with Crippen LogP contribution < -0.4 is 5.32 Å². The van der Waals surface area contributed by atoms with Crippen LogP contribution in [0, 0.1) is 5.92 Å². The Morgan fingerprint density at radius 3 is 2.75 bits per heavy atom. The molecule has 0 spiro atoms. The van der Waals surface area contributed by atoms with Crippen LogP contribution in [-0.2, 0) is 9.59 Å². The Bertz CT molecular complexity index is 268. The van der Waals surface area contributed by atoms with Crippen LogP contribution in [0.15, 0.2) is 0 Å². The molecule has 16 heavy (non-hydrogen) atoms. The zero-order chi connectivity index (χ0) is 12.1. The van der Waals surface area contributed by atoms with Crippen LogP contribution in [0.3, 0.4) is 0 Å². The van der Waals surface area contributed by atoms with Crippen molar-refractivity contribution in [3.05, 3.63) is 0 Å². The van der Waals surface area contributed by atoms with Gasteiger partial charge in [0.2, 0.25) is 5.91 Å². The van der Waals surface area contributed by atoms with Crippen LogP contribution in [0.2, 0.25) is 0 Å². The predicted molar refractivity (Wildman–Crippen MR) is 60.1 cm³/mol. The molecule has 1 heterocycles. The number of amides is 1. The second-order valence-electron chi connectivity index (χ2n) is 4.37. The first-order valence-corrected chi connectivity index (χ1v) is 5.79. The molecule has 92 valence electrons. The van der Waals surface area contributed by atoms with Crippen molar-refractivity contribution in [2.24, 2.45) is 5.92 Å². The van der Waals surface area contributed by atoms with Crippen LogP contribution in [0.5, 0.6) is 0 Å². The highest BCUT2D eigenvalue weighted by molar-refractivity contribution is 5.80. The van der Waals surface area contributed by atoms with Gasteiger partial charge < -0.3 is 10.4 Å². The Labute approximate surface area is 95.8 Å². The third-order valence-corrected chi connectivity index (χ3v) is 2.98. The molecule has 1 aliphatic rings. The third kappa shape index (κ3) is 3.20. The lowest BCUT2D eigenvalue weighted by molar-refractivity contribution is -0.143. The lowest BCUT2D eigenvalue weighted by Gasteiger charge is -2.22. The number of aliphatic carboxylic acids is 1.